The number of hydrogen-bond donors (Lipinski definition) is 0. The molecular formula is C24H39N5O2. The summed E-state index contributed by atoms with van der Waals surface area (Å²) in [6, 6.07) is 3.94. The van der Waals surface area contributed by atoms with Crippen LogP contribution in [0.5, 0.6) is 5.88 Å². The minimum Gasteiger partial charge on any atom is -0.478 e. The Morgan fingerprint density at radius 3 is 2.13 bits per heavy atom. The lowest BCUT2D eigenvalue weighted by atomic mass is 10.1. The van der Waals surface area contributed by atoms with Crippen LogP contribution in [0.4, 0.5) is 0 Å². The van der Waals surface area contributed by atoms with Gasteiger partial charge in [0.1, 0.15) is 5.52 Å². The zero-order valence-corrected chi connectivity index (χ0v) is 20.9. The Bertz CT molecular complexity index is 935. The van der Waals surface area contributed by atoms with Crippen molar-refractivity contribution >= 4 is 11.2 Å². The molecule has 0 bridgehead atoms. The lowest BCUT2D eigenvalue weighted by Gasteiger charge is -2.11. The van der Waals surface area contributed by atoms with Crippen molar-refractivity contribution < 1.29 is 4.74 Å². The van der Waals surface area contributed by atoms with Gasteiger partial charge in [0.15, 0.2) is 5.65 Å². The van der Waals surface area contributed by atoms with Gasteiger partial charge in [-0.1, -0.05) is 39.8 Å². The minimum atomic E-state index is 0.389. The second-order valence-corrected chi connectivity index (χ2v) is 6.13. The van der Waals surface area contributed by atoms with E-state index in [1.807, 2.05) is 65.3 Å². The first-order valence-electron chi connectivity index (χ1n) is 11.2. The van der Waals surface area contributed by atoms with Crippen molar-refractivity contribution in [2.75, 3.05) is 13.2 Å². The van der Waals surface area contributed by atoms with E-state index in [1.54, 1.807) is 6.92 Å². The molecule has 0 amide bonds. The average Bonchev–Trinajstić information content (AvgIpc) is 3.08. The maximum absolute atomic E-state index is 8.92. The largest absolute Gasteiger partial charge is 0.478 e. The van der Waals surface area contributed by atoms with E-state index in [9.17, 15) is 0 Å². The molecule has 31 heavy (non-hydrogen) atoms. The van der Waals surface area contributed by atoms with Crippen LogP contribution in [0.2, 0.25) is 0 Å². The molecule has 0 saturated carbocycles. The molecule has 3 heterocycles. The maximum atomic E-state index is 8.92. The number of ether oxygens (including phenoxy) is 1. The van der Waals surface area contributed by atoms with E-state index in [4.69, 9.17) is 19.6 Å². The summed E-state index contributed by atoms with van der Waals surface area (Å²) in [5.41, 5.74) is 6.84. The standard InChI is InChI=1S/C18H22N4O.C2H5NO.2C2H6/c1-6-14-13(8-9-15(20-14)23-7-2)17-12(4)19-18-16(21-17)11(3)10-22(18)5;1-2-3-4;2*1-2/h8-10H,6-7H2,1-5H3;2H2,1H3;2*1-2H3. The summed E-state index contributed by atoms with van der Waals surface area (Å²) < 4.78 is 7.53. The zero-order valence-electron chi connectivity index (χ0n) is 20.9. The van der Waals surface area contributed by atoms with Crippen LogP contribution in [0, 0.1) is 18.8 Å². The second-order valence-electron chi connectivity index (χ2n) is 6.13. The first-order chi connectivity index (χ1) is 15.0. The van der Waals surface area contributed by atoms with Crippen LogP contribution < -0.4 is 4.74 Å². The SMILES string of the molecule is CC.CC.CCN=O.CCOc1ccc(-c2nc3c(C)cn(C)c3nc2C)c(CC)n1. The topological polar surface area (TPSA) is 82.3 Å². The van der Waals surface area contributed by atoms with E-state index in [0.717, 1.165) is 45.8 Å². The summed E-state index contributed by atoms with van der Waals surface area (Å²) in [4.78, 5) is 23.2. The van der Waals surface area contributed by atoms with Gasteiger partial charge >= 0.3 is 0 Å². The predicted octanol–water partition coefficient (Wildman–Crippen LogP) is 6.43. The van der Waals surface area contributed by atoms with E-state index >= 15 is 0 Å². The lowest BCUT2D eigenvalue weighted by Crippen LogP contribution is -2.02. The highest BCUT2D eigenvalue weighted by molar-refractivity contribution is 5.80. The summed E-state index contributed by atoms with van der Waals surface area (Å²) in [5, 5.41) is 2.49. The van der Waals surface area contributed by atoms with Crippen molar-refractivity contribution in [2.45, 2.75) is 68.7 Å². The third-order valence-electron chi connectivity index (χ3n) is 4.11. The fourth-order valence-electron chi connectivity index (χ4n) is 2.88. The highest BCUT2D eigenvalue weighted by Crippen LogP contribution is 2.28. The van der Waals surface area contributed by atoms with Crippen molar-refractivity contribution in [2.24, 2.45) is 12.2 Å². The first kappa shape index (κ1) is 28.2. The number of aromatic nitrogens is 4. The molecule has 0 aliphatic carbocycles. The maximum Gasteiger partial charge on any atom is 0.213 e. The highest BCUT2D eigenvalue weighted by Gasteiger charge is 2.15. The van der Waals surface area contributed by atoms with Gasteiger partial charge in [0.05, 0.1) is 30.2 Å². The van der Waals surface area contributed by atoms with E-state index in [-0.39, 0.29) is 0 Å². The second kappa shape index (κ2) is 15.0. The van der Waals surface area contributed by atoms with Crippen molar-refractivity contribution in [3.63, 3.8) is 0 Å². The van der Waals surface area contributed by atoms with Gasteiger partial charge in [-0.05, 0) is 45.7 Å². The summed E-state index contributed by atoms with van der Waals surface area (Å²) in [7, 11) is 2.00. The van der Waals surface area contributed by atoms with Crippen LogP contribution >= 0.6 is 0 Å². The molecule has 7 heteroatoms. The van der Waals surface area contributed by atoms with Gasteiger partial charge in [-0.2, -0.15) is 4.91 Å². The Kier molecular flexibility index (Phi) is 13.7. The molecule has 0 spiro atoms. The van der Waals surface area contributed by atoms with Crippen molar-refractivity contribution in [3.05, 3.63) is 40.2 Å². The lowest BCUT2D eigenvalue weighted by molar-refractivity contribution is 0.326. The number of aryl methyl sites for hydroxylation is 4. The summed E-state index contributed by atoms with van der Waals surface area (Å²) >= 11 is 0. The molecule has 0 aromatic carbocycles. The summed E-state index contributed by atoms with van der Waals surface area (Å²) in [5.74, 6) is 0.663. The molecule has 3 aromatic rings. The monoisotopic (exact) mass is 429 g/mol. The first-order valence-corrected chi connectivity index (χ1v) is 11.2. The van der Waals surface area contributed by atoms with Crippen LogP contribution in [0.15, 0.2) is 23.5 Å². The molecule has 172 valence electrons. The Morgan fingerprint density at radius 2 is 1.61 bits per heavy atom. The third kappa shape index (κ3) is 7.42. The molecule has 0 aliphatic rings. The van der Waals surface area contributed by atoms with Crippen LogP contribution in [0.1, 0.15) is 65.4 Å². The van der Waals surface area contributed by atoms with E-state index in [1.165, 1.54) is 0 Å². The van der Waals surface area contributed by atoms with Crippen LogP contribution in [0.25, 0.3) is 22.4 Å². The molecule has 7 nitrogen and oxygen atoms in total. The zero-order chi connectivity index (χ0) is 24.0. The quantitative estimate of drug-likeness (QED) is 0.436. The predicted molar refractivity (Wildman–Crippen MR) is 131 cm³/mol. The van der Waals surface area contributed by atoms with Gasteiger partial charge in [-0.3, -0.25) is 0 Å². The van der Waals surface area contributed by atoms with Gasteiger partial charge in [0, 0.05) is 24.9 Å². The van der Waals surface area contributed by atoms with E-state index in [0.29, 0.717) is 19.0 Å². The fourth-order valence-corrected chi connectivity index (χ4v) is 2.88. The summed E-state index contributed by atoms with van der Waals surface area (Å²) in [6.07, 6.45) is 2.88. The van der Waals surface area contributed by atoms with Gasteiger partial charge < -0.3 is 9.30 Å². The van der Waals surface area contributed by atoms with Crippen LogP contribution in [0.3, 0.4) is 0 Å². The molecule has 0 fully saturated rings. The molecule has 0 aliphatic heterocycles. The molecule has 0 saturated heterocycles. The number of pyridine rings is 1. The normalized spacial score (nSPS) is 9.48. The molecule has 0 atom stereocenters. The number of nitrogens with zero attached hydrogens (tertiary/aromatic N) is 5. The smallest absolute Gasteiger partial charge is 0.213 e. The number of rotatable bonds is 5. The Hall–Kier alpha value is -2.83. The molecular weight excluding hydrogens is 390 g/mol. The van der Waals surface area contributed by atoms with Crippen molar-refractivity contribution in [1.29, 1.82) is 0 Å². The Morgan fingerprint density at radius 1 is 1.00 bits per heavy atom. The number of hydrogen-bond acceptors (Lipinski definition) is 6. The third-order valence-corrected chi connectivity index (χ3v) is 4.11. The number of nitroso groups, excluding NO2 is 1. The molecule has 0 N–H and O–H groups in total. The average molecular weight is 430 g/mol. The highest BCUT2D eigenvalue weighted by atomic mass is 16.5. The van der Waals surface area contributed by atoms with Gasteiger partial charge in [0.25, 0.3) is 0 Å². The van der Waals surface area contributed by atoms with Crippen molar-refractivity contribution in [1.82, 2.24) is 19.5 Å². The molecule has 3 aromatic heterocycles. The molecule has 0 unspecified atom stereocenters. The number of fused-ring (bicyclic) bond motifs is 1. The Balaban J connectivity index is 0.000000992. The molecule has 0 radical (unpaired) electrons. The van der Waals surface area contributed by atoms with Gasteiger partial charge in [-0.15, -0.1) is 0 Å². The van der Waals surface area contributed by atoms with Crippen LogP contribution in [-0.4, -0.2) is 32.7 Å². The fraction of sp³-hybridized carbons (Fsp3) is 0.542. The van der Waals surface area contributed by atoms with Gasteiger partial charge in [0.2, 0.25) is 5.88 Å². The van der Waals surface area contributed by atoms with Gasteiger partial charge in [-0.25, -0.2) is 15.0 Å². The van der Waals surface area contributed by atoms with Crippen molar-refractivity contribution in [3.8, 4) is 17.1 Å². The van der Waals surface area contributed by atoms with E-state index in [2.05, 4.69) is 30.2 Å². The van der Waals surface area contributed by atoms with E-state index < -0.39 is 0 Å². The van der Waals surface area contributed by atoms with Crippen LogP contribution in [-0.2, 0) is 13.5 Å². The Labute approximate surface area is 187 Å². The minimum absolute atomic E-state index is 0.389. The molecule has 3 rings (SSSR count). The summed E-state index contributed by atoms with van der Waals surface area (Å²) in [6.45, 7) is 18.8.